The van der Waals surface area contributed by atoms with E-state index in [9.17, 15) is 18.9 Å². The highest BCUT2D eigenvalue weighted by Crippen LogP contribution is 2.45. The molecule has 0 unspecified atom stereocenters. The standard InChI is InChI=1S/C12H7F2NO4S/c1-6-4-8-9(19-12(13,14)18-8)5-7(6)10-2-3-11(20-10)15(16)17/h2-5H,1H3. The van der Waals surface area contributed by atoms with E-state index in [1.807, 2.05) is 0 Å². The minimum atomic E-state index is -3.67. The average Bonchev–Trinajstić information content (AvgIpc) is 2.90. The second kappa shape index (κ2) is 4.14. The van der Waals surface area contributed by atoms with Gasteiger partial charge >= 0.3 is 11.3 Å². The number of nitro groups is 1. The molecule has 104 valence electrons. The summed E-state index contributed by atoms with van der Waals surface area (Å²) in [6.07, 6.45) is -3.67. The van der Waals surface area contributed by atoms with Gasteiger partial charge in [0.2, 0.25) is 0 Å². The molecule has 0 atom stereocenters. The smallest absolute Gasteiger partial charge is 0.395 e. The van der Waals surface area contributed by atoms with Crippen LogP contribution in [0.25, 0.3) is 10.4 Å². The van der Waals surface area contributed by atoms with Crippen LogP contribution in [0, 0.1) is 17.0 Å². The minimum absolute atomic E-state index is 0.0117. The fraction of sp³-hybridized carbons (Fsp3) is 0.167. The van der Waals surface area contributed by atoms with Gasteiger partial charge in [0.25, 0.3) is 0 Å². The van der Waals surface area contributed by atoms with Crippen LogP contribution in [0.5, 0.6) is 11.5 Å². The van der Waals surface area contributed by atoms with Gasteiger partial charge in [0, 0.05) is 10.9 Å². The highest BCUT2D eigenvalue weighted by Gasteiger charge is 2.43. The Kier molecular flexibility index (Phi) is 2.65. The van der Waals surface area contributed by atoms with Crippen LogP contribution in [0.1, 0.15) is 5.56 Å². The predicted molar refractivity (Wildman–Crippen MR) is 67.3 cm³/mol. The molecular formula is C12H7F2NO4S. The Morgan fingerprint density at radius 1 is 1.25 bits per heavy atom. The van der Waals surface area contributed by atoms with E-state index in [4.69, 9.17) is 0 Å². The number of ether oxygens (including phenoxy) is 2. The molecule has 3 rings (SSSR count). The molecule has 1 aliphatic rings. The van der Waals surface area contributed by atoms with Crippen molar-refractivity contribution >= 4 is 16.3 Å². The number of hydrogen-bond donors (Lipinski definition) is 0. The number of hydrogen-bond acceptors (Lipinski definition) is 5. The number of alkyl halides is 2. The molecule has 0 N–H and O–H groups in total. The SMILES string of the molecule is Cc1cc2c(cc1-c1ccc([N+](=O)[O-])s1)OC(F)(F)O2. The van der Waals surface area contributed by atoms with Crippen molar-refractivity contribution < 1.29 is 23.2 Å². The molecule has 1 aliphatic heterocycles. The second-order valence-electron chi connectivity index (χ2n) is 4.18. The lowest BCUT2D eigenvalue weighted by atomic mass is 10.1. The van der Waals surface area contributed by atoms with E-state index >= 15 is 0 Å². The maximum absolute atomic E-state index is 13.0. The van der Waals surface area contributed by atoms with E-state index in [-0.39, 0.29) is 16.5 Å². The summed E-state index contributed by atoms with van der Waals surface area (Å²) in [5, 5.41) is 10.7. The van der Waals surface area contributed by atoms with Gasteiger partial charge in [0.05, 0.1) is 4.92 Å². The van der Waals surface area contributed by atoms with Crippen LogP contribution in [0.15, 0.2) is 24.3 Å². The second-order valence-corrected chi connectivity index (χ2v) is 5.24. The Labute approximate surface area is 115 Å². The lowest BCUT2D eigenvalue weighted by molar-refractivity contribution is -0.380. The van der Waals surface area contributed by atoms with Crippen molar-refractivity contribution in [3.63, 3.8) is 0 Å². The van der Waals surface area contributed by atoms with E-state index in [1.54, 1.807) is 13.0 Å². The number of nitrogens with zero attached hydrogens (tertiary/aromatic N) is 1. The first kappa shape index (κ1) is 12.8. The Bertz CT molecular complexity index is 713. The molecule has 8 heteroatoms. The third-order valence-electron chi connectivity index (χ3n) is 2.79. The molecule has 2 heterocycles. The highest BCUT2D eigenvalue weighted by atomic mass is 32.1. The Hall–Kier alpha value is -2.22. The Balaban J connectivity index is 2.05. The third kappa shape index (κ3) is 2.07. The molecule has 1 aromatic carbocycles. The van der Waals surface area contributed by atoms with Crippen molar-refractivity contribution in [2.45, 2.75) is 13.2 Å². The topological polar surface area (TPSA) is 61.6 Å². The van der Waals surface area contributed by atoms with E-state index < -0.39 is 11.2 Å². The lowest BCUT2D eigenvalue weighted by Gasteiger charge is -2.04. The summed E-state index contributed by atoms with van der Waals surface area (Å²) in [5.74, 6) is -0.117. The monoisotopic (exact) mass is 299 g/mol. The minimum Gasteiger partial charge on any atom is -0.395 e. The van der Waals surface area contributed by atoms with E-state index in [0.717, 1.165) is 11.3 Å². The zero-order chi connectivity index (χ0) is 14.5. The molecule has 0 spiro atoms. The summed E-state index contributed by atoms with van der Waals surface area (Å²) in [5.41, 5.74) is 1.27. The Morgan fingerprint density at radius 2 is 1.90 bits per heavy atom. The zero-order valence-corrected chi connectivity index (χ0v) is 10.9. The summed E-state index contributed by atoms with van der Waals surface area (Å²) >= 11 is 0.971. The maximum Gasteiger partial charge on any atom is 0.586 e. The molecule has 5 nitrogen and oxygen atoms in total. The number of fused-ring (bicyclic) bond motifs is 1. The van der Waals surface area contributed by atoms with Gasteiger partial charge in [-0.2, -0.15) is 0 Å². The van der Waals surface area contributed by atoms with Crippen LogP contribution in [0.3, 0.4) is 0 Å². The van der Waals surface area contributed by atoms with Crippen molar-refractivity contribution in [3.05, 3.63) is 39.9 Å². The van der Waals surface area contributed by atoms with Crippen LogP contribution >= 0.6 is 11.3 Å². The predicted octanol–water partition coefficient (Wildman–Crippen LogP) is 3.95. The molecular weight excluding hydrogens is 292 g/mol. The first-order chi connectivity index (χ1) is 9.35. The number of thiophene rings is 1. The van der Waals surface area contributed by atoms with Crippen LogP contribution < -0.4 is 9.47 Å². The highest BCUT2D eigenvalue weighted by molar-refractivity contribution is 7.18. The molecule has 0 fully saturated rings. The number of halogens is 2. The quantitative estimate of drug-likeness (QED) is 0.622. The Morgan fingerprint density at radius 3 is 2.50 bits per heavy atom. The lowest BCUT2D eigenvalue weighted by Crippen LogP contribution is -2.25. The van der Waals surface area contributed by atoms with Crippen molar-refractivity contribution in [3.8, 4) is 21.9 Å². The molecule has 0 saturated heterocycles. The third-order valence-corrected chi connectivity index (χ3v) is 3.86. The summed E-state index contributed by atoms with van der Waals surface area (Å²) in [7, 11) is 0. The van der Waals surface area contributed by atoms with Crippen LogP contribution in [-0.4, -0.2) is 11.2 Å². The normalized spacial score (nSPS) is 15.3. The fourth-order valence-corrected chi connectivity index (χ4v) is 2.84. The molecule has 0 aliphatic carbocycles. The van der Waals surface area contributed by atoms with Crippen molar-refractivity contribution in [1.82, 2.24) is 0 Å². The fourth-order valence-electron chi connectivity index (χ4n) is 1.93. The van der Waals surface area contributed by atoms with Crippen molar-refractivity contribution in [2.75, 3.05) is 0 Å². The van der Waals surface area contributed by atoms with Gasteiger partial charge in [-0.05, 0) is 36.2 Å². The molecule has 0 saturated carbocycles. The first-order valence-electron chi connectivity index (χ1n) is 5.51. The molecule has 0 radical (unpaired) electrons. The van der Waals surface area contributed by atoms with Gasteiger partial charge in [-0.3, -0.25) is 10.1 Å². The molecule has 0 bridgehead atoms. The zero-order valence-electron chi connectivity index (χ0n) is 10.1. The molecule has 0 amide bonds. The van der Waals surface area contributed by atoms with Crippen LogP contribution in [0.4, 0.5) is 13.8 Å². The van der Waals surface area contributed by atoms with Crippen LogP contribution in [-0.2, 0) is 0 Å². The summed E-state index contributed by atoms with van der Waals surface area (Å²) in [6.45, 7) is 1.71. The largest absolute Gasteiger partial charge is 0.586 e. The summed E-state index contributed by atoms with van der Waals surface area (Å²) < 4.78 is 34.7. The average molecular weight is 299 g/mol. The summed E-state index contributed by atoms with van der Waals surface area (Å²) in [4.78, 5) is 10.8. The van der Waals surface area contributed by atoms with Gasteiger partial charge in [0.1, 0.15) is 0 Å². The number of rotatable bonds is 2. The van der Waals surface area contributed by atoms with Gasteiger partial charge in [0.15, 0.2) is 11.5 Å². The van der Waals surface area contributed by atoms with E-state index in [0.29, 0.717) is 16.0 Å². The van der Waals surface area contributed by atoms with Crippen LogP contribution in [0.2, 0.25) is 0 Å². The summed E-state index contributed by atoms with van der Waals surface area (Å²) in [6, 6.07) is 5.78. The molecule has 2 aromatic rings. The van der Waals surface area contributed by atoms with Gasteiger partial charge in [-0.1, -0.05) is 11.3 Å². The van der Waals surface area contributed by atoms with Crippen molar-refractivity contribution in [1.29, 1.82) is 0 Å². The number of aryl methyl sites for hydroxylation is 1. The molecule has 1 aromatic heterocycles. The number of benzene rings is 1. The molecule has 20 heavy (non-hydrogen) atoms. The van der Waals surface area contributed by atoms with Crippen molar-refractivity contribution in [2.24, 2.45) is 0 Å². The maximum atomic E-state index is 13.0. The van der Waals surface area contributed by atoms with E-state index in [1.165, 1.54) is 18.2 Å². The first-order valence-corrected chi connectivity index (χ1v) is 6.32. The van der Waals surface area contributed by atoms with E-state index in [2.05, 4.69) is 9.47 Å². The van der Waals surface area contributed by atoms with Gasteiger partial charge in [-0.15, -0.1) is 8.78 Å². The van der Waals surface area contributed by atoms with Gasteiger partial charge in [-0.25, -0.2) is 0 Å². The van der Waals surface area contributed by atoms with Gasteiger partial charge < -0.3 is 9.47 Å².